The zero-order valence-electron chi connectivity index (χ0n) is 12.3. The maximum absolute atomic E-state index is 11.1. The standard InChI is InChI=1S/C12H22N6O2/c1-5-6-14-10-16-11(15-8(4)9(13)19)18-12(17-10)20-7(2)3/h7-8H,5-6H2,1-4H3,(H2,13,19)(H2,14,15,16,17,18). The van der Waals surface area contributed by atoms with Gasteiger partial charge in [0.25, 0.3) is 0 Å². The van der Waals surface area contributed by atoms with E-state index in [0.717, 1.165) is 13.0 Å². The molecular weight excluding hydrogens is 260 g/mol. The number of hydrogen-bond acceptors (Lipinski definition) is 7. The molecule has 0 aromatic carbocycles. The molecule has 1 aromatic heterocycles. The van der Waals surface area contributed by atoms with Gasteiger partial charge in [-0.3, -0.25) is 4.79 Å². The monoisotopic (exact) mass is 282 g/mol. The van der Waals surface area contributed by atoms with Crippen molar-refractivity contribution >= 4 is 17.8 Å². The third kappa shape index (κ3) is 5.25. The molecule has 0 spiro atoms. The summed E-state index contributed by atoms with van der Waals surface area (Å²) in [7, 11) is 0. The van der Waals surface area contributed by atoms with Gasteiger partial charge in [0.2, 0.25) is 17.8 Å². The molecule has 0 saturated carbocycles. The predicted molar refractivity (Wildman–Crippen MR) is 76.7 cm³/mol. The SMILES string of the molecule is CCCNc1nc(NC(C)C(N)=O)nc(OC(C)C)n1. The van der Waals surface area contributed by atoms with Crippen molar-refractivity contribution in [2.24, 2.45) is 5.73 Å². The fourth-order valence-corrected chi connectivity index (χ4v) is 1.27. The molecule has 8 heteroatoms. The van der Waals surface area contributed by atoms with Gasteiger partial charge in [0, 0.05) is 6.54 Å². The van der Waals surface area contributed by atoms with E-state index in [4.69, 9.17) is 10.5 Å². The fraction of sp³-hybridized carbons (Fsp3) is 0.667. The number of ether oxygens (including phenoxy) is 1. The lowest BCUT2D eigenvalue weighted by molar-refractivity contribution is -0.118. The highest BCUT2D eigenvalue weighted by Crippen LogP contribution is 2.13. The molecule has 1 aromatic rings. The van der Waals surface area contributed by atoms with Crippen molar-refractivity contribution < 1.29 is 9.53 Å². The number of nitrogens with zero attached hydrogens (tertiary/aromatic N) is 3. The van der Waals surface area contributed by atoms with Crippen LogP contribution in [0.15, 0.2) is 0 Å². The van der Waals surface area contributed by atoms with Crippen molar-refractivity contribution in [3.8, 4) is 6.01 Å². The smallest absolute Gasteiger partial charge is 0.323 e. The number of carbonyl (C=O) groups excluding carboxylic acids is 1. The zero-order valence-corrected chi connectivity index (χ0v) is 12.3. The van der Waals surface area contributed by atoms with Gasteiger partial charge in [-0.25, -0.2) is 0 Å². The second kappa shape index (κ2) is 7.46. The Morgan fingerprint density at radius 1 is 1.25 bits per heavy atom. The summed E-state index contributed by atoms with van der Waals surface area (Å²) >= 11 is 0. The van der Waals surface area contributed by atoms with Crippen molar-refractivity contribution in [3.05, 3.63) is 0 Å². The predicted octanol–water partition coefficient (Wildman–Crippen LogP) is 0.766. The maximum Gasteiger partial charge on any atom is 0.323 e. The number of amides is 1. The Labute approximate surface area is 118 Å². The number of rotatable bonds is 8. The average molecular weight is 282 g/mol. The molecule has 0 fully saturated rings. The van der Waals surface area contributed by atoms with Gasteiger partial charge in [-0.1, -0.05) is 6.92 Å². The third-order valence-corrected chi connectivity index (χ3v) is 2.26. The maximum atomic E-state index is 11.1. The molecule has 1 atom stereocenters. The molecular formula is C12H22N6O2. The molecule has 0 bridgehead atoms. The van der Waals surface area contributed by atoms with Gasteiger partial charge in [-0.05, 0) is 27.2 Å². The van der Waals surface area contributed by atoms with E-state index in [1.165, 1.54) is 0 Å². The van der Waals surface area contributed by atoms with Gasteiger partial charge in [0.1, 0.15) is 6.04 Å². The molecule has 0 saturated heterocycles. The van der Waals surface area contributed by atoms with E-state index in [0.29, 0.717) is 5.95 Å². The first kappa shape index (κ1) is 15.9. The normalized spacial score (nSPS) is 12.1. The van der Waals surface area contributed by atoms with E-state index in [1.807, 2.05) is 20.8 Å². The van der Waals surface area contributed by atoms with Crippen LogP contribution in [-0.4, -0.2) is 39.5 Å². The molecule has 4 N–H and O–H groups in total. The highest BCUT2D eigenvalue weighted by molar-refractivity contribution is 5.81. The van der Waals surface area contributed by atoms with E-state index in [-0.39, 0.29) is 18.1 Å². The lowest BCUT2D eigenvalue weighted by Gasteiger charge is -2.14. The van der Waals surface area contributed by atoms with Crippen LogP contribution in [0.3, 0.4) is 0 Å². The number of aromatic nitrogens is 3. The quantitative estimate of drug-likeness (QED) is 0.645. The van der Waals surface area contributed by atoms with Crippen LogP contribution in [0.25, 0.3) is 0 Å². The summed E-state index contributed by atoms with van der Waals surface area (Å²) in [6.45, 7) is 8.16. The minimum Gasteiger partial charge on any atom is -0.461 e. The van der Waals surface area contributed by atoms with Gasteiger partial charge in [-0.15, -0.1) is 0 Å². The van der Waals surface area contributed by atoms with E-state index in [9.17, 15) is 4.79 Å². The molecule has 1 rings (SSSR count). The number of nitrogens with one attached hydrogen (secondary N) is 2. The van der Waals surface area contributed by atoms with Gasteiger partial charge < -0.3 is 21.1 Å². The Hall–Kier alpha value is -2.12. The number of anilines is 2. The third-order valence-electron chi connectivity index (χ3n) is 2.26. The minimum absolute atomic E-state index is 0.0576. The number of primary amides is 1. The Balaban J connectivity index is 2.93. The van der Waals surface area contributed by atoms with Crippen LogP contribution in [0.5, 0.6) is 6.01 Å². The Bertz CT molecular complexity index is 452. The molecule has 0 aliphatic carbocycles. The van der Waals surface area contributed by atoms with E-state index in [2.05, 4.69) is 25.6 Å². The summed E-state index contributed by atoms with van der Waals surface area (Å²) in [6, 6.07) is -0.379. The second-order valence-electron chi connectivity index (χ2n) is 4.63. The van der Waals surface area contributed by atoms with Gasteiger partial charge >= 0.3 is 6.01 Å². The Kier molecular flexibility index (Phi) is 5.95. The zero-order chi connectivity index (χ0) is 15.1. The summed E-state index contributed by atoms with van der Waals surface area (Å²) in [4.78, 5) is 23.5. The first-order chi connectivity index (χ1) is 9.42. The lowest BCUT2D eigenvalue weighted by Crippen LogP contribution is -2.33. The molecule has 20 heavy (non-hydrogen) atoms. The molecule has 1 heterocycles. The second-order valence-corrected chi connectivity index (χ2v) is 4.63. The van der Waals surface area contributed by atoms with Gasteiger partial charge in [-0.2, -0.15) is 15.0 Å². The number of nitrogens with two attached hydrogens (primary N) is 1. The van der Waals surface area contributed by atoms with Crippen LogP contribution in [0.1, 0.15) is 34.1 Å². The van der Waals surface area contributed by atoms with Crippen LogP contribution in [0, 0.1) is 0 Å². The first-order valence-electron chi connectivity index (χ1n) is 6.64. The summed E-state index contributed by atoms with van der Waals surface area (Å²) in [5, 5.41) is 5.87. The van der Waals surface area contributed by atoms with Crippen molar-refractivity contribution in [3.63, 3.8) is 0 Å². The van der Waals surface area contributed by atoms with Crippen LogP contribution in [-0.2, 0) is 4.79 Å². The molecule has 1 amide bonds. The van der Waals surface area contributed by atoms with Crippen molar-refractivity contribution in [1.82, 2.24) is 15.0 Å². The molecule has 0 aliphatic rings. The average Bonchev–Trinajstić information content (AvgIpc) is 2.35. The summed E-state index contributed by atoms with van der Waals surface area (Å²) in [5.74, 6) is 0.164. The van der Waals surface area contributed by atoms with E-state index >= 15 is 0 Å². The molecule has 8 nitrogen and oxygen atoms in total. The molecule has 1 unspecified atom stereocenters. The number of carbonyl (C=O) groups is 1. The largest absolute Gasteiger partial charge is 0.461 e. The highest BCUT2D eigenvalue weighted by atomic mass is 16.5. The van der Waals surface area contributed by atoms with E-state index in [1.54, 1.807) is 6.92 Å². The van der Waals surface area contributed by atoms with Gasteiger partial charge in [0.15, 0.2) is 0 Å². The minimum atomic E-state index is -0.580. The van der Waals surface area contributed by atoms with Crippen LogP contribution < -0.4 is 21.1 Å². The van der Waals surface area contributed by atoms with Crippen LogP contribution in [0.2, 0.25) is 0 Å². The summed E-state index contributed by atoms with van der Waals surface area (Å²) in [5.41, 5.74) is 5.20. The Morgan fingerprint density at radius 2 is 1.90 bits per heavy atom. The number of hydrogen-bond donors (Lipinski definition) is 3. The Morgan fingerprint density at radius 3 is 2.45 bits per heavy atom. The van der Waals surface area contributed by atoms with Gasteiger partial charge in [0.05, 0.1) is 6.10 Å². The van der Waals surface area contributed by atoms with Crippen molar-refractivity contribution in [2.75, 3.05) is 17.2 Å². The van der Waals surface area contributed by atoms with Crippen molar-refractivity contribution in [1.29, 1.82) is 0 Å². The lowest BCUT2D eigenvalue weighted by atomic mass is 10.3. The molecule has 0 radical (unpaired) electrons. The van der Waals surface area contributed by atoms with Crippen LogP contribution >= 0.6 is 0 Å². The summed E-state index contributed by atoms with van der Waals surface area (Å²) in [6.07, 6.45) is 0.879. The fourth-order valence-electron chi connectivity index (χ4n) is 1.27. The van der Waals surface area contributed by atoms with E-state index < -0.39 is 11.9 Å². The highest BCUT2D eigenvalue weighted by Gasteiger charge is 2.13. The van der Waals surface area contributed by atoms with Crippen LogP contribution in [0.4, 0.5) is 11.9 Å². The molecule has 0 aliphatic heterocycles. The summed E-state index contributed by atoms with van der Waals surface area (Å²) < 4.78 is 5.46. The van der Waals surface area contributed by atoms with Crippen molar-refractivity contribution in [2.45, 2.75) is 46.3 Å². The molecule has 112 valence electrons. The first-order valence-corrected chi connectivity index (χ1v) is 6.64. The topological polar surface area (TPSA) is 115 Å².